The molecule has 7 heteroatoms. The fraction of sp³-hybridized carbons (Fsp3) is 0.176. The number of anilines is 1. The van der Waals surface area contributed by atoms with E-state index in [9.17, 15) is 18.4 Å². The van der Waals surface area contributed by atoms with Crippen LogP contribution < -0.4 is 15.4 Å². The van der Waals surface area contributed by atoms with Crippen molar-refractivity contribution in [1.82, 2.24) is 5.32 Å². The Hall–Kier alpha value is -2.96. The topological polar surface area (TPSA) is 67.4 Å². The minimum absolute atomic E-state index is 0.111. The van der Waals surface area contributed by atoms with Gasteiger partial charge in [-0.25, -0.2) is 8.78 Å². The second kappa shape index (κ2) is 8.05. The monoisotopic (exact) mass is 334 g/mol. The summed E-state index contributed by atoms with van der Waals surface area (Å²) in [7, 11) is 0. The van der Waals surface area contributed by atoms with E-state index in [4.69, 9.17) is 4.74 Å². The lowest BCUT2D eigenvalue weighted by Crippen LogP contribution is -2.28. The van der Waals surface area contributed by atoms with Gasteiger partial charge in [-0.05, 0) is 43.3 Å². The third-order valence-electron chi connectivity index (χ3n) is 3.03. The van der Waals surface area contributed by atoms with Crippen LogP contribution in [0.2, 0.25) is 0 Å². The van der Waals surface area contributed by atoms with Crippen molar-refractivity contribution in [3.05, 3.63) is 59.7 Å². The lowest BCUT2D eigenvalue weighted by Gasteiger charge is -2.09. The average Bonchev–Trinajstić information content (AvgIpc) is 2.54. The van der Waals surface area contributed by atoms with E-state index in [-0.39, 0.29) is 18.1 Å². The molecule has 2 N–H and O–H groups in total. The van der Waals surface area contributed by atoms with E-state index >= 15 is 0 Å². The molecular weight excluding hydrogens is 318 g/mol. The Morgan fingerprint density at radius 2 is 1.79 bits per heavy atom. The summed E-state index contributed by atoms with van der Waals surface area (Å²) in [5.74, 6) is -2.16. The molecular formula is C17H16F2N2O3. The predicted molar refractivity (Wildman–Crippen MR) is 84.9 cm³/mol. The van der Waals surface area contributed by atoms with Gasteiger partial charge in [0.05, 0.1) is 5.56 Å². The van der Waals surface area contributed by atoms with Crippen molar-refractivity contribution in [3.8, 4) is 5.75 Å². The lowest BCUT2D eigenvalue weighted by molar-refractivity contribution is -0.122. The molecule has 0 fully saturated rings. The van der Waals surface area contributed by atoms with E-state index in [1.807, 2.05) is 0 Å². The first-order valence-electron chi connectivity index (χ1n) is 7.25. The maximum Gasteiger partial charge on any atom is 0.258 e. The summed E-state index contributed by atoms with van der Waals surface area (Å²) < 4.78 is 31.7. The van der Waals surface area contributed by atoms with Crippen LogP contribution in [0.15, 0.2) is 42.5 Å². The normalized spacial score (nSPS) is 10.1. The van der Waals surface area contributed by atoms with Crippen LogP contribution in [0.25, 0.3) is 0 Å². The molecule has 2 rings (SSSR count). The van der Waals surface area contributed by atoms with Crippen LogP contribution in [0.3, 0.4) is 0 Å². The molecule has 0 radical (unpaired) electrons. The number of rotatable bonds is 6. The van der Waals surface area contributed by atoms with Gasteiger partial charge in [0, 0.05) is 18.3 Å². The van der Waals surface area contributed by atoms with Gasteiger partial charge in [0.25, 0.3) is 11.8 Å². The van der Waals surface area contributed by atoms with Crippen molar-refractivity contribution in [3.63, 3.8) is 0 Å². The lowest BCUT2D eigenvalue weighted by atomic mass is 10.2. The van der Waals surface area contributed by atoms with Gasteiger partial charge in [-0.3, -0.25) is 9.59 Å². The quantitative estimate of drug-likeness (QED) is 0.853. The number of likely N-dealkylation sites (N-methyl/N-ethyl adjacent to an activating group) is 1. The smallest absolute Gasteiger partial charge is 0.258 e. The number of nitrogens with one attached hydrogen (secondary N) is 2. The highest BCUT2D eigenvalue weighted by Gasteiger charge is 2.12. The maximum absolute atomic E-state index is 13.5. The molecule has 0 heterocycles. The molecule has 2 aromatic rings. The minimum atomic E-state index is -0.936. The average molecular weight is 334 g/mol. The van der Waals surface area contributed by atoms with E-state index in [2.05, 4.69) is 10.6 Å². The third kappa shape index (κ3) is 4.77. The van der Waals surface area contributed by atoms with Crippen molar-refractivity contribution < 1.29 is 23.1 Å². The summed E-state index contributed by atoms with van der Waals surface area (Å²) in [4.78, 5) is 23.2. The third-order valence-corrected chi connectivity index (χ3v) is 3.03. The van der Waals surface area contributed by atoms with Gasteiger partial charge in [0.15, 0.2) is 6.61 Å². The fourth-order valence-electron chi connectivity index (χ4n) is 1.90. The largest absolute Gasteiger partial charge is 0.484 e. The first kappa shape index (κ1) is 17.4. The standard InChI is InChI=1S/C17H16F2N2O3/c1-2-20-16(22)10-24-13-6-4-12(5-7-13)21-17(23)14-8-3-11(18)9-15(14)19/h3-9H,2,10H2,1H3,(H,20,22)(H,21,23). The van der Waals surface area contributed by atoms with E-state index in [1.54, 1.807) is 31.2 Å². The summed E-state index contributed by atoms with van der Waals surface area (Å²) in [5, 5.41) is 5.09. The van der Waals surface area contributed by atoms with E-state index in [1.165, 1.54) is 0 Å². The highest BCUT2D eigenvalue weighted by Crippen LogP contribution is 2.17. The second-order valence-electron chi connectivity index (χ2n) is 4.84. The molecule has 0 unspecified atom stereocenters. The predicted octanol–water partition coefficient (Wildman–Crippen LogP) is 2.73. The maximum atomic E-state index is 13.5. The van der Waals surface area contributed by atoms with E-state index in [0.717, 1.165) is 12.1 Å². The summed E-state index contributed by atoms with van der Waals surface area (Å²) >= 11 is 0. The van der Waals surface area contributed by atoms with Gasteiger partial charge in [-0.15, -0.1) is 0 Å². The summed E-state index contributed by atoms with van der Waals surface area (Å²) in [6.45, 7) is 2.22. The van der Waals surface area contributed by atoms with Crippen molar-refractivity contribution in [2.24, 2.45) is 0 Å². The van der Waals surface area contributed by atoms with Crippen LogP contribution in [-0.2, 0) is 4.79 Å². The number of ether oxygens (including phenoxy) is 1. The Morgan fingerprint density at radius 1 is 1.08 bits per heavy atom. The van der Waals surface area contributed by atoms with Crippen molar-refractivity contribution in [2.45, 2.75) is 6.92 Å². The number of carbonyl (C=O) groups excluding carboxylic acids is 2. The summed E-state index contributed by atoms with van der Waals surface area (Å²) in [6.07, 6.45) is 0. The highest BCUT2D eigenvalue weighted by atomic mass is 19.1. The number of carbonyl (C=O) groups is 2. The van der Waals surface area contributed by atoms with Gasteiger partial charge >= 0.3 is 0 Å². The zero-order chi connectivity index (χ0) is 17.5. The van der Waals surface area contributed by atoms with Crippen molar-refractivity contribution >= 4 is 17.5 Å². The molecule has 0 aliphatic carbocycles. The Bertz CT molecular complexity index is 733. The number of hydrogen-bond acceptors (Lipinski definition) is 3. The van der Waals surface area contributed by atoms with Gasteiger partial charge in [0.1, 0.15) is 17.4 Å². The van der Waals surface area contributed by atoms with Crippen LogP contribution in [0.1, 0.15) is 17.3 Å². The van der Waals surface area contributed by atoms with Gasteiger partial charge in [-0.2, -0.15) is 0 Å². The minimum Gasteiger partial charge on any atom is -0.484 e. The van der Waals surface area contributed by atoms with Crippen LogP contribution >= 0.6 is 0 Å². The van der Waals surface area contributed by atoms with Gasteiger partial charge in [-0.1, -0.05) is 0 Å². The second-order valence-corrected chi connectivity index (χ2v) is 4.84. The molecule has 0 aliphatic rings. The highest BCUT2D eigenvalue weighted by molar-refractivity contribution is 6.04. The van der Waals surface area contributed by atoms with Crippen LogP contribution in [-0.4, -0.2) is 25.0 Å². The number of halogens is 2. The molecule has 2 aromatic carbocycles. The molecule has 0 saturated carbocycles. The molecule has 0 aromatic heterocycles. The number of amides is 2. The summed E-state index contributed by atoms with van der Waals surface area (Å²) in [5.41, 5.74) is 0.155. The van der Waals surface area contributed by atoms with E-state index < -0.39 is 17.5 Å². The molecule has 24 heavy (non-hydrogen) atoms. The first-order chi connectivity index (χ1) is 11.5. The Balaban J connectivity index is 1.96. The summed E-state index contributed by atoms with van der Waals surface area (Å²) in [6, 6.07) is 8.96. The molecule has 5 nitrogen and oxygen atoms in total. The molecule has 0 aliphatic heterocycles. The Morgan fingerprint density at radius 3 is 2.42 bits per heavy atom. The molecule has 0 bridgehead atoms. The zero-order valence-corrected chi connectivity index (χ0v) is 12.9. The van der Waals surface area contributed by atoms with Crippen molar-refractivity contribution in [2.75, 3.05) is 18.5 Å². The van der Waals surface area contributed by atoms with Gasteiger partial charge in [0.2, 0.25) is 0 Å². The molecule has 126 valence electrons. The molecule has 0 saturated heterocycles. The first-order valence-corrected chi connectivity index (χ1v) is 7.25. The van der Waals surface area contributed by atoms with Crippen LogP contribution in [0.5, 0.6) is 5.75 Å². The SMILES string of the molecule is CCNC(=O)COc1ccc(NC(=O)c2ccc(F)cc2F)cc1. The fourth-order valence-corrected chi connectivity index (χ4v) is 1.90. The van der Waals surface area contributed by atoms with Gasteiger partial charge < -0.3 is 15.4 Å². The van der Waals surface area contributed by atoms with Crippen molar-refractivity contribution in [1.29, 1.82) is 0 Å². The number of hydrogen-bond donors (Lipinski definition) is 2. The molecule has 0 atom stereocenters. The number of benzene rings is 2. The Kier molecular flexibility index (Phi) is 5.83. The molecule has 0 spiro atoms. The molecule has 2 amide bonds. The van der Waals surface area contributed by atoms with E-state index in [0.29, 0.717) is 24.0 Å². The van der Waals surface area contributed by atoms with Crippen LogP contribution in [0, 0.1) is 11.6 Å². The van der Waals surface area contributed by atoms with Crippen LogP contribution in [0.4, 0.5) is 14.5 Å². The Labute approximate surface area is 137 Å². The zero-order valence-electron chi connectivity index (χ0n) is 12.9.